The summed E-state index contributed by atoms with van der Waals surface area (Å²) in [5.74, 6) is 0. The van der Waals surface area contributed by atoms with Gasteiger partial charge >= 0.3 is 0 Å². The van der Waals surface area contributed by atoms with Crippen LogP contribution < -0.4 is 11.1 Å². The Morgan fingerprint density at radius 1 is 2.00 bits per heavy atom. The van der Waals surface area contributed by atoms with Crippen molar-refractivity contribution in [3.05, 3.63) is 0 Å². The Morgan fingerprint density at radius 2 is 2.25 bits per heavy atom. The second-order valence-corrected chi connectivity index (χ2v) is 1.01. The molecule has 0 radical (unpaired) electrons. The lowest BCUT2D eigenvalue weighted by Gasteiger charge is -1.57. The molecular weight excluding hydrogens is 52.0 g/mol. The third-order valence-electron chi connectivity index (χ3n) is 0.440. The molecule has 1 fully saturated rings. The second-order valence-electron chi connectivity index (χ2n) is 1.01. The molecule has 4 heavy (non-hydrogen) atoms. The van der Waals surface area contributed by atoms with Crippen molar-refractivity contribution in [3.8, 4) is 0 Å². The molecule has 2 heteroatoms. The van der Waals surface area contributed by atoms with E-state index < -0.39 is 0 Å². The van der Waals surface area contributed by atoms with Crippen molar-refractivity contribution in [2.24, 2.45) is 5.73 Å². The van der Waals surface area contributed by atoms with Gasteiger partial charge in [0.25, 0.3) is 0 Å². The van der Waals surface area contributed by atoms with Crippen molar-refractivity contribution in [1.29, 1.82) is 0 Å². The van der Waals surface area contributed by atoms with Gasteiger partial charge in [0, 0.05) is 6.54 Å². The largest absolute Gasteiger partial charge is 0.315 e. The molecule has 0 aromatic carbocycles. The number of hydrogen-bond acceptors (Lipinski definition) is 2. The van der Waals surface area contributed by atoms with Crippen LogP contribution in [0.4, 0.5) is 0 Å². The molecule has 2 nitrogen and oxygen atoms in total. The van der Waals surface area contributed by atoms with Gasteiger partial charge in [0.2, 0.25) is 0 Å². The topological polar surface area (TPSA) is 48.0 Å². The van der Waals surface area contributed by atoms with Crippen LogP contribution in [0.1, 0.15) is 0 Å². The summed E-state index contributed by atoms with van der Waals surface area (Å²) in [6, 6.07) is 0. The van der Waals surface area contributed by atoms with Crippen molar-refractivity contribution in [3.63, 3.8) is 0 Å². The van der Waals surface area contributed by atoms with E-state index in [1.807, 2.05) is 0 Å². The van der Waals surface area contributed by atoms with Crippen molar-refractivity contribution in [2.45, 2.75) is 6.17 Å². The van der Waals surface area contributed by atoms with Crippen molar-refractivity contribution in [2.75, 3.05) is 6.54 Å². The predicted molar refractivity (Wildman–Crippen MR) is 16.0 cm³/mol. The van der Waals surface area contributed by atoms with Crippen LogP contribution in [0.15, 0.2) is 0 Å². The molecular formula is C2H6N2. The summed E-state index contributed by atoms with van der Waals surface area (Å²) in [6.07, 6.45) is 0.333. The third-order valence-corrected chi connectivity index (χ3v) is 0.440. The van der Waals surface area contributed by atoms with Gasteiger partial charge in [-0.1, -0.05) is 0 Å². The van der Waals surface area contributed by atoms with Gasteiger partial charge in [-0.2, -0.15) is 0 Å². The molecule has 3 N–H and O–H groups in total. The number of rotatable bonds is 0. The Hall–Kier alpha value is -0.0800. The summed E-state index contributed by atoms with van der Waals surface area (Å²) in [5, 5.41) is 2.88. The highest BCUT2D eigenvalue weighted by Crippen LogP contribution is 1.79. The standard InChI is InChI=1S/C2H6N2/c3-2-1-4-2/h2,4H,1,3H2. The van der Waals surface area contributed by atoms with Gasteiger partial charge in [0.15, 0.2) is 0 Å². The zero-order valence-corrected chi connectivity index (χ0v) is 2.36. The molecule has 0 saturated carbocycles. The minimum Gasteiger partial charge on any atom is -0.315 e. The van der Waals surface area contributed by atoms with E-state index in [0.717, 1.165) is 6.54 Å². The van der Waals surface area contributed by atoms with Crippen LogP contribution >= 0.6 is 0 Å². The summed E-state index contributed by atoms with van der Waals surface area (Å²) >= 11 is 0. The van der Waals surface area contributed by atoms with E-state index in [2.05, 4.69) is 5.32 Å². The van der Waals surface area contributed by atoms with Crippen LogP contribution in [-0.2, 0) is 0 Å². The summed E-state index contributed by atoms with van der Waals surface area (Å²) in [6.45, 7) is 1.01. The summed E-state index contributed by atoms with van der Waals surface area (Å²) < 4.78 is 0. The average Bonchev–Trinajstić information content (AvgIpc) is 1.75. The molecule has 0 amide bonds. The maximum atomic E-state index is 5.11. The molecule has 1 heterocycles. The van der Waals surface area contributed by atoms with E-state index in [1.165, 1.54) is 0 Å². The lowest BCUT2D eigenvalue weighted by molar-refractivity contribution is 1.03. The second kappa shape index (κ2) is 0.445. The maximum absolute atomic E-state index is 5.11. The molecule has 0 spiro atoms. The molecule has 0 bridgehead atoms. The first-order valence-corrected chi connectivity index (χ1v) is 1.38. The highest BCUT2D eigenvalue weighted by atomic mass is 15.2. The van der Waals surface area contributed by atoms with Crippen molar-refractivity contribution in [1.82, 2.24) is 5.32 Å². The first kappa shape index (κ1) is 2.18. The van der Waals surface area contributed by atoms with E-state index >= 15 is 0 Å². The zero-order valence-electron chi connectivity index (χ0n) is 2.36. The Morgan fingerprint density at radius 3 is 2.25 bits per heavy atom. The quantitative estimate of drug-likeness (QED) is 0.346. The molecule has 1 rings (SSSR count). The Kier molecular flexibility index (Phi) is 0.242. The minimum atomic E-state index is 0.333. The molecule has 1 aliphatic heterocycles. The van der Waals surface area contributed by atoms with Gasteiger partial charge in [-0.05, 0) is 0 Å². The number of hydrogen-bond donors (Lipinski definition) is 2. The lowest BCUT2D eigenvalue weighted by atomic mass is 10.8. The van der Waals surface area contributed by atoms with E-state index in [1.54, 1.807) is 0 Å². The number of nitrogens with two attached hydrogens (primary N) is 1. The van der Waals surface area contributed by atoms with E-state index in [0.29, 0.717) is 6.17 Å². The normalized spacial score (nSPS) is 39.8. The smallest absolute Gasteiger partial charge is 0.0676 e. The van der Waals surface area contributed by atoms with Gasteiger partial charge in [-0.3, -0.25) is 5.32 Å². The Bertz CT molecular complexity index is 23.2. The Balaban J connectivity index is 2.17. The molecule has 1 aliphatic rings. The van der Waals surface area contributed by atoms with E-state index in [-0.39, 0.29) is 0 Å². The average molecular weight is 58.1 g/mol. The zero-order chi connectivity index (χ0) is 2.99. The maximum Gasteiger partial charge on any atom is 0.0676 e. The molecule has 0 aliphatic carbocycles. The van der Waals surface area contributed by atoms with E-state index in [4.69, 9.17) is 5.73 Å². The SMILES string of the molecule is NC1CN1. The fourth-order valence-corrected chi connectivity index (χ4v) is 0.0680. The van der Waals surface area contributed by atoms with Crippen molar-refractivity contribution >= 4 is 0 Å². The Labute approximate surface area is 25.0 Å². The van der Waals surface area contributed by atoms with Gasteiger partial charge in [-0.15, -0.1) is 0 Å². The lowest BCUT2D eigenvalue weighted by Crippen LogP contribution is -2.02. The fraction of sp³-hybridized carbons (Fsp3) is 1.00. The first-order chi connectivity index (χ1) is 1.89. The molecule has 0 aromatic heterocycles. The summed E-state index contributed by atoms with van der Waals surface area (Å²) in [4.78, 5) is 0. The van der Waals surface area contributed by atoms with Gasteiger partial charge < -0.3 is 5.73 Å². The molecule has 24 valence electrons. The first-order valence-electron chi connectivity index (χ1n) is 1.38. The predicted octanol–water partition coefficient (Wildman–Crippen LogP) is -1.13. The van der Waals surface area contributed by atoms with Gasteiger partial charge in [0.1, 0.15) is 0 Å². The molecule has 0 aromatic rings. The van der Waals surface area contributed by atoms with Crippen LogP contribution in [0.5, 0.6) is 0 Å². The van der Waals surface area contributed by atoms with Crippen LogP contribution in [0.2, 0.25) is 0 Å². The van der Waals surface area contributed by atoms with Crippen LogP contribution in [0.25, 0.3) is 0 Å². The van der Waals surface area contributed by atoms with Gasteiger partial charge in [-0.25, -0.2) is 0 Å². The molecule has 1 atom stereocenters. The minimum absolute atomic E-state index is 0.333. The van der Waals surface area contributed by atoms with Crippen LogP contribution in [0.3, 0.4) is 0 Å². The van der Waals surface area contributed by atoms with Crippen molar-refractivity contribution < 1.29 is 0 Å². The number of nitrogens with one attached hydrogen (secondary N) is 1. The van der Waals surface area contributed by atoms with E-state index in [9.17, 15) is 0 Å². The summed E-state index contributed by atoms with van der Waals surface area (Å²) in [7, 11) is 0. The van der Waals surface area contributed by atoms with Gasteiger partial charge in [0.05, 0.1) is 6.17 Å². The summed E-state index contributed by atoms with van der Waals surface area (Å²) in [5.41, 5.74) is 5.11. The third kappa shape index (κ3) is 0.191. The monoisotopic (exact) mass is 58.1 g/mol. The molecule has 1 unspecified atom stereocenters. The molecule has 1 saturated heterocycles. The van der Waals surface area contributed by atoms with Crippen LogP contribution in [-0.4, -0.2) is 12.7 Å². The highest BCUT2D eigenvalue weighted by Gasteiger charge is 2.10. The highest BCUT2D eigenvalue weighted by molar-refractivity contribution is 4.74. The van der Waals surface area contributed by atoms with Crippen LogP contribution in [0, 0.1) is 0 Å². The fourth-order valence-electron chi connectivity index (χ4n) is 0.0680.